The Morgan fingerprint density at radius 1 is 1.39 bits per heavy atom. The van der Waals surface area contributed by atoms with Gasteiger partial charge in [0.05, 0.1) is 21.9 Å². The van der Waals surface area contributed by atoms with Crippen molar-refractivity contribution in [2.75, 3.05) is 0 Å². The molecule has 1 amide bonds. The summed E-state index contributed by atoms with van der Waals surface area (Å²) in [5.74, 6) is 0.283. The Balaban J connectivity index is 1.56. The van der Waals surface area contributed by atoms with Crippen molar-refractivity contribution in [1.82, 2.24) is 15.3 Å². The molecule has 6 heteroatoms. The summed E-state index contributed by atoms with van der Waals surface area (Å²) in [6, 6.07) is 3.63. The predicted molar refractivity (Wildman–Crippen MR) is 87.6 cm³/mol. The van der Waals surface area contributed by atoms with E-state index < -0.39 is 5.60 Å². The first-order chi connectivity index (χ1) is 10.9. The van der Waals surface area contributed by atoms with Crippen molar-refractivity contribution in [2.24, 2.45) is 0 Å². The van der Waals surface area contributed by atoms with Crippen LogP contribution in [0.25, 0.3) is 11.0 Å². The molecule has 0 aliphatic heterocycles. The third kappa shape index (κ3) is 2.91. The maximum atomic E-state index is 12.3. The summed E-state index contributed by atoms with van der Waals surface area (Å²) in [6.45, 7) is 1.78. The van der Waals surface area contributed by atoms with E-state index in [1.807, 2.05) is 6.07 Å². The lowest BCUT2D eigenvalue weighted by Gasteiger charge is -2.41. The number of fused-ring (bicyclic) bond motifs is 1. The molecule has 0 unspecified atom stereocenters. The third-order valence-electron chi connectivity index (χ3n) is 4.58. The maximum absolute atomic E-state index is 12.3. The van der Waals surface area contributed by atoms with Crippen molar-refractivity contribution in [3.8, 4) is 0 Å². The summed E-state index contributed by atoms with van der Waals surface area (Å²) >= 11 is 6.30. The second kappa shape index (κ2) is 5.14. The predicted octanol–water partition coefficient (Wildman–Crippen LogP) is 2.80. The van der Waals surface area contributed by atoms with E-state index >= 15 is 0 Å². The lowest BCUT2D eigenvalue weighted by molar-refractivity contribution is -0.0366. The van der Waals surface area contributed by atoms with E-state index in [1.54, 1.807) is 19.2 Å². The molecule has 2 aromatic heterocycles. The van der Waals surface area contributed by atoms with Crippen LogP contribution in [-0.4, -0.2) is 32.6 Å². The van der Waals surface area contributed by atoms with Gasteiger partial charge in [0.2, 0.25) is 0 Å². The zero-order valence-corrected chi connectivity index (χ0v) is 13.6. The van der Waals surface area contributed by atoms with Gasteiger partial charge in [-0.3, -0.25) is 4.79 Å². The summed E-state index contributed by atoms with van der Waals surface area (Å²) in [4.78, 5) is 21.1. The van der Waals surface area contributed by atoms with Crippen LogP contribution in [0.1, 0.15) is 54.6 Å². The van der Waals surface area contributed by atoms with Crippen LogP contribution in [0.5, 0.6) is 0 Å². The third-order valence-corrected chi connectivity index (χ3v) is 4.88. The number of aliphatic hydroxyl groups is 1. The number of carbonyl (C=O) groups is 1. The number of hydrogen-bond acceptors (Lipinski definition) is 4. The number of nitrogens with zero attached hydrogens (tertiary/aromatic N) is 2. The first-order valence-corrected chi connectivity index (χ1v) is 8.28. The van der Waals surface area contributed by atoms with Gasteiger partial charge in [0.1, 0.15) is 0 Å². The van der Waals surface area contributed by atoms with Crippen LogP contribution >= 0.6 is 11.6 Å². The van der Waals surface area contributed by atoms with Crippen molar-refractivity contribution < 1.29 is 9.90 Å². The van der Waals surface area contributed by atoms with Gasteiger partial charge in [0.15, 0.2) is 5.65 Å². The molecule has 2 aliphatic rings. The van der Waals surface area contributed by atoms with Crippen molar-refractivity contribution >= 4 is 28.5 Å². The largest absolute Gasteiger partial charge is 0.390 e. The molecule has 0 bridgehead atoms. The van der Waals surface area contributed by atoms with E-state index in [9.17, 15) is 9.90 Å². The minimum atomic E-state index is -0.657. The normalized spacial score (nSPS) is 26.8. The quantitative estimate of drug-likeness (QED) is 0.907. The number of rotatable bonds is 3. The van der Waals surface area contributed by atoms with E-state index in [0.717, 1.165) is 23.9 Å². The molecule has 2 saturated carbocycles. The lowest BCUT2D eigenvalue weighted by atomic mass is 9.77. The van der Waals surface area contributed by atoms with E-state index in [4.69, 9.17) is 11.6 Å². The van der Waals surface area contributed by atoms with Crippen molar-refractivity contribution in [3.05, 3.63) is 34.6 Å². The van der Waals surface area contributed by atoms with Gasteiger partial charge in [-0.25, -0.2) is 9.97 Å². The number of halogens is 1. The average Bonchev–Trinajstić information content (AvgIpc) is 3.28. The molecule has 2 aliphatic carbocycles. The second-order valence-electron chi connectivity index (χ2n) is 6.98. The molecule has 120 valence electrons. The van der Waals surface area contributed by atoms with Crippen molar-refractivity contribution in [3.63, 3.8) is 0 Å². The van der Waals surface area contributed by atoms with Crippen LogP contribution in [0.15, 0.2) is 18.3 Å². The van der Waals surface area contributed by atoms with Crippen molar-refractivity contribution in [2.45, 2.75) is 50.2 Å². The van der Waals surface area contributed by atoms with Gasteiger partial charge < -0.3 is 10.4 Å². The van der Waals surface area contributed by atoms with Gasteiger partial charge in [-0.05, 0) is 44.7 Å². The Hall–Kier alpha value is -1.72. The SMILES string of the molecule is CC1(O)CC(NC(=O)c2cnc3nc(C4CC4)c(Cl)cc3c2)C1. The number of carbonyl (C=O) groups excluding carboxylic acids is 1. The highest BCUT2D eigenvalue weighted by molar-refractivity contribution is 6.32. The summed E-state index contributed by atoms with van der Waals surface area (Å²) in [5, 5.41) is 14.1. The molecule has 0 spiro atoms. The van der Waals surface area contributed by atoms with Crippen LogP contribution < -0.4 is 5.32 Å². The van der Waals surface area contributed by atoms with Gasteiger partial charge >= 0.3 is 0 Å². The van der Waals surface area contributed by atoms with Gasteiger partial charge in [-0.2, -0.15) is 0 Å². The summed E-state index contributed by atoms with van der Waals surface area (Å²) in [7, 11) is 0. The van der Waals surface area contributed by atoms with Gasteiger partial charge in [0, 0.05) is 23.5 Å². The fourth-order valence-corrected chi connectivity index (χ4v) is 3.51. The van der Waals surface area contributed by atoms with Gasteiger partial charge in [-0.1, -0.05) is 11.6 Å². The zero-order valence-electron chi connectivity index (χ0n) is 12.8. The van der Waals surface area contributed by atoms with E-state index in [0.29, 0.717) is 35.0 Å². The van der Waals surface area contributed by atoms with E-state index in [-0.39, 0.29) is 11.9 Å². The van der Waals surface area contributed by atoms with Crippen LogP contribution in [0, 0.1) is 0 Å². The maximum Gasteiger partial charge on any atom is 0.253 e. The summed E-state index contributed by atoms with van der Waals surface area (Å²) in [5.41, 5.74) is 1.37. The number of nitrogens with one attached hydrogen (secondary N) is 1. The molecule has 0 saturated heterocycles. The topological polar surface area (TPSA) is 75.1 Å². The molecule has 0 atom stereocenters. The Bertz CT molecular complexity index is 794. The van der Waals surface area contributed by atoms with Crippen molar-refractivity contribution in [1.29, 1.82) is 0 Å². The minimum Gasteiger partial charge on any atom is -0.390 e. The van der Waals surface area contributed by atoms with Crippen LogP contribution in [-0.2, 0) is 0 Å². The highest BCUT2D eigenvalue weighted by Crippen LogP contribution is 2.42. The standard InChI is InChI=1S/C17H18ClN3O2/c1-17(23)6-12(7-17)20-16(22)11-4-10-5-13(18)14(9-2-3-9)21-15(10)19-8-11/h4-5,8-9,12,23H,2-3,6-7H2,1H3,(H,20,22). The van der Waals surface area contributed by atoms with Crippen LogP contribution in [0.3, 0.4) is 0 Å². The molecule has 2 N–H and O–H groups in total. The highest BCUT2D eigenvalue weighted by atomic mass is 35.5. The molecule has 2 aromatic rings. The molecule has 5 nitrogen and oxygen atoms in total. The fourth-order valence-electron chi connectivity index (χ4n) is 3.19. The molecule has 0 aromatic carbocycles. The molecule has 0 radical (unpaired) electrons. The molecular weight excluding hydrogens is 314 g/mol. The smallest absolute Gasteiger partial charge is 0.253 e. The summed E-state index contributed by atoms with van der Waals surface area (Å²) in [6.07, 6.45) is 4.97. The Kier molecular flexibility index (Phi) is 3.32. The molecule has 23 heavy (non-hydrogen) atoms. The Morgan fingerprint density at radius 3 is 2.78 bits per heavy atom. The van der Waals surface area contributed by atoms with Crippen LogP contribution in [0.4, 0.5) is 0 Å². The van der Waals surface area contributed by atoms with Gasteiger partial charge in [0.25, 0.3) is 5.91 Å². The molecule has 2 heterocycles. The van der Waals surface area contributed by atoms with E-state index in [1.165, 1.54) is 0 Å². The molecule has 4 rings (SSSR count). The lowest BCUT2D eigenvalue weighted by Crippen LogP contribution is -2.53. The minimum absolute atomic E-state index is 0.0205. The van der Waals surface area contributed by atoms with Gasteiger partial charge in [-0.15, -0.1) is 0 Å². The number of pyridine rings is 2. The first-order valence-electron chi connectivity index (χ1n) is 7.91. The Labute approximate surface area is 139 Å². The Morgan fingerprint density at radius 2 is 2.13 bits per heavy atom. The number of hydrogen-bond donors (Lipinski definition) is 2. The number of amides is 1. The monoisotopic (exact) mass is 331 g/mol. The fraction of sp³-hybridized carbons (Fsp3) is 0.471. The molecule has 2 fully saturated rings. The zero-order chi connectivity index (χ0) is 16.2. The molecular formula is C17H18ClN3O2. The highest BCUT2D eigenvalue weighted by Gasteiger charge is 2.39. The number of aromatic nitrogens is 2. The van der Waals surface area contributed by atoms with Crippen LogP contribution in [0.2, 0.25) is 5.02 Å². The van der Waals surface area contributed by atoms with E-state index in [2.05, 4.69) is 15.3 Å². The summed E-state index contributed by atoms with van der Waals surface area (Å²) < 4.78 is 0. The average molecular weight is 332 g/mol. The first kappa shape index (κ1) is 14.8. The second-order valence-corrected chi connectivity index (χ2v) is 7.38.